The lowest BCUT2D eigenvalue weighted by atomic mass is 10.1. The minimum atomic E-state index is -0.0660. The Labute approximate surface area is 120 Å². The number of benzene rings is 1. The van der Waals surface area contributed by atoms with Gasteiger partial charge in [-0.3, -0.25) is 4.90 Å². The summed E-state index contributed by atoms with van der Waals surface area (Å²) in [6, 6.07) is 5.59. The van der Waals surface area contributed by atoms with E-state index in [9.17, 15) is 0 Å². The summed E-state index contributed by atoms with van der Waals surface area (Å²) in [5.74, 6) is 0.858. The maximum atomic E-state index is 6.00. The van der Waals surface area contributed by atoms with Crippen LogP contribution < -0.4 is 10.5 Å². The molecule has 1 saturated heterocycles. The zero-order chi connectivity index (χ0) is 13.7. The van der Waals surface area contributed by atoms with Gasteiger partial charge in [0.15, 0.2) is 0 Å². The molecule has 0 aliphatic carbocycles. The van der Waals surface area contributed by atoms with Gasteiger partial charge in [0.05, 0.1) is 0 Å². The quantitative estimate of drug-likeness (QED) is 0.901. The van der Waals surface area contributed by atoms with Crippen molar-refractivity contribution in [2.75, 3.05) is 26.2 Å². The molecule has 1 aliphatic rings. The molecule has 1 aromatic carbocycles. The van der Waals surface area contributed by atoms with Crippen molar-refractivity contribution in [3.05, 3.63) is 28.8 Å². The number of likely N-dealkylation sites (tertiary alicyclic amines) is 1. The number of nitrogens with zero attached hydrogens (tertiary/aromatic N) is 1. The standard InChI is InChI=1S/C15H23ClN2O/c1-12(17)14-11-13(16)5-6-15(14)19-10-9-18-7-3-2-4-8-18/h5-6,11-12H,2-4,7-10,17H2,1H3/t12-/m1/s1. The van der Waals surface area contributed by atoms with Gasteiger partial charge in [0.25, 0.3) is 0 Å². The van der Waals surface area contributed by atoms with E-state index in [1.807, 2.05) is 25.1 Å². The Morgan fingerprint density at radius 3 is 2.74 bits per heavy atom. The first-order valence-corrected chi connectivity index (χ1v) is 7.45. The number of halogens is 1. The van der Waals surface area contributed by atoms with E-state index >= 15 is 0 Å². The van der Waals surface area contributed by atoms with Gasteiger partial charge in [0.2, 0.25) is 0 Å². The van der Waals surface area contributed by atoms with Crippen molar-refractivity contribution in [3.63, 3.8) is 0 Å². The minimum absolute atomic E-state index is 0.0660. The lowest BCUT2D eigenvalue weighted by Crippen LogP contribution is -2.33. The van der Waals surface area contributed by atoms with Crippen LogP contribution in [0.1, 0.15) is 37.8 Å². The molecule has 19 heavy (non-hydrogen) atoms. The van der Waals surface area contributed by atoms with Crippen molar-refractivity contribution in [1.82, 2.24) is 4.90 Å². The van der Waals surface area contributed by atoms with E-state index in [0.29, 0.717) is 11.6 Å². The molecule has 0 saturated carbocycles. The van der Waals surface area contributed by atoms with Crippen molar-refractivity contribution in [1.29, 1.82) is 0 Å². The molecule has 2 N–H and O–H groups in total. The summed E-state index contributed by atoms with van der Waals surface area (Å²) in [5.41, 5.74) is 6.93. The van der Waals surface area contributed by atoms with Gasteiger partial charge in [-0.1, -0.05) is 18.0 Å². The van der Waals surface area contributed by atoms with E-state index in [4.69, 9.17) is 22.1 Å². The Hall–Kier alpha value is -0.770. The highest BCUT2D eigenvalue weighted by molar-refractivity contribution is 6.30. The summed E-state index contributed by atoms with van der Waals surface area (Å²) in [6.07, 6.45) is 3.99. The van der Waals surface area contributed by atoms with Gasteiger partial charge in [-0.2, -0.15) is 0 Å². The van der Waals surface area contributed by atoms with Crippen LogP contribution in [-0.4, -0.2) is 31.1 Å². The first-order chi connectivity index (χ1) is 9.16. The number of hydrogen-bond acceptors (Lipinski definition) is 3. The van der Waals surface area contributed by atoms with Crippen molar-refractivity contribution in [2.24, 2.45) is 5.73 Å². The van der Waals surface area contributed by atoms with E-state index in [1.54, 1.807) is 0 Å². The molecule has 106 valence electrons. The van der Waals surface area contributed by atoms with Crippen LogP contribution in [0.25, 0.3) is 0 Å². The van der Waals surface area contributed by atoms with Crippen LogP contribution in [0.2, 0.25) is 5.02 Å². The predicted octanol–water partition coefficient (Wildman–Crippen LogP) is 3.22. The highest BCUT2D eigenvalue weighted by atomic mass is 35.5. The Kier molecular flexibility index (Phi) is 5.49. The fourth-order valence-electron chi connectivity index (χ4n) is 2.47. The fraction of sp³-hybridized carbons (Fsp3) is 0.600. The summed E-state index contributed by atoms with van der Waals surface area (Å²) in [6.45, 7) is 6.04. The van der Waals surface area contributed by atoms with E-state index in [2.05, 4.69) is 4.90 Å². The minimum Gasteiger partial charge on any atom is -0.492 e. The maximum absolute atomic E-state index is 6.00. The number of ether oxygens (including phenoxy) is 1. The number of rotatable bonds is 5. The molecule has 0 unspecified atom stereocenters. The highest BCUT2D eigenvalue weighted by Crippen LogP contribution is 2.27. The molecule has 0 amide bonds. The van der Waals surface area contributed by atoms with Crippen molar-refractivity contribution >= 4 is 11.6 Å². The van der Waals surface area contributed by atoms with Gasteiger partial charge in [0, 0.05) is 23.2 Å². The largest absolute Gasteiger partial charge is 0.492 e. The topological polar surface area (TPSA) is 38.5 Å². The Balaban J connectivity index is 1.88. The lowest BCUT2D eigenvalue weighted by molar-refractivity contribution is 0.182. The van der Waals surface area contributed by atoms with Crippen LogP contribution in [-0.2, 0) is 0 Å². The first kappa shape index (κ1) is 14.6. The second-order valence-electron chi connectivity index (χ2n) is 5.22. The molecule has 0 spiro atoms. The average molecular weight is 283 g/mol. The van der Waals surface area contributed by atoms with Crippen LogP contribution in [0, 0.1) is 0 Å². The van der Waals surface area contributed by atoms with Crippen LogP contribution in [0.5, 0.6) is 5.75 Å². The zero-order valence-electron chi connectivity index (χ0n) is 11.6. The second-order valence-corrected chi connectivity index (χ2v) is 5.66. The molecular formula is C15H23ClN2O. The maximum Gasteiger partial charge on any atom is 0.124 e. The molecule has 1 aromatic rings. The third-order valence-electron chi connectivity index (χ3n) is 3.58. The molecule has 2 rings (SSSR count). The van der Waals surface area contributed by atoms with E-state index in [1.165, 1.54) is 32.4 Å². The van der Waals surface area contributed by atoms with Gasteiger partial charge >= 0.3 is 0 Å². The predicted molar refractivity (Wildman–Crippen MR) is 79.8 cm³/mol. The average Bonchev–Trinajstić information content (AvgIpc) is 2.41. The lowest BCUT2D eigenvalue weighted by Gasteiger charge is -2.26. The molecule has 3 nitrogen and oxygen atoms in total. The number of piperidine rings is 1. The van der Waals surface area contributed by atoms with Gasteiger partial charge in [-0.15, -0.1) is 0 Å². The normalized spacial score (nSPS) is 18.3. The molecule has 1 heterocycles. The molecule has 1 aliphatic heterocycles. The van der Waals surface area contributed by atoms with Gasteiger partial charge in [0.1, 0.15) is 12.4 Å². The molecule has 0 aromatic heterocycles. The Morgan fingerprint density at radius 2 is 2.05 bits per heavy atom. The SMILES string of the molecule is C[C@@H](N)c1cc(Cl)ccc1OCCN1CCCCC1. The third-order valence-corrected chi connectivity index (χ3v) is 3.81. The van der Waals surface area contributed by atoms with Crippen molar-refractivity contribution in [3.8, 4) is 5.75 Å². The summed E-state index contributed by atoms with van der Waals surface area (Å²) >= 11 is 6.00. The summed E-state index contributed by atoms with van der Waals surface area (Å²) in [7, 11) is 0. The molecule has 4 heteroatoms. The number of hydrogen-bond donors (Lipinski definition) is 1. The summed E-state index contributed by atoms with van der Waals surface area (Å²) < 4.78 is 5.88. The highest BCUT2D eigenvalue weighted by Gasteiger charge is 2.12. The summed E-state index contributed by atoms with van der Waals surface area (Å²) in [5, 5.41) is 0.704. The molecule has 0 radical (unpaired) electrons. The van der Waals surface area contributed by atoms with Crippen molar-refractivity contribution < 1.29 is 4.74 Å². The van der Waals surface area contributed by atoms with E-state index in [0.717, 1.165) is 17.9 Å². The monoisotopic (exact) mass is 282 g/mol. The second kappa shape index (κ2) is 7.13. The zero-order valence-corrected chi connectivity index (χ0v) is 12.3. The van der Waals surface area contributed by atoms with E-state index in [-0.39, 0.29) is 6.04 Å². The van der Waals surface area contributed by atoms with Crippen LogP contribution in [0.15, 0.2) is 18.2 Å². The summed E-state index contributed by atoms with van der Waals surface area (Å²) in [4.78, 5) is 2.46. The smallest absolute Gasteiger partial charge is 0.124 e. The molecule has 1 atom stereocenters. The number of nitrogens with two attached hydrogens (primary N) is 1. The third kappa shape index (κ3) is 4.37. The molecule has 0 bridgehead atoms. The Morgan fingerprint density at radius 1 is 1.32 bits per heavy atom. The Bertz CT molecular complexity index is 403. The molecule has 1 fully saturated rings. The van der Waals surface area contributed by atoms with Gasteiger partial charge in [-0.25, -0.2) is 0 Å². The van der Waals surface area contributed by atoms with Gasteiger partial charge in [-0.05, 0) is 51.1 Å². The van der Waals surface area contributed by atoms with Crippen molar-refractivity contribution in [2.45, 2.75) is 32.2 Å². The molecular weight excluding hydrogens is 260 g/mol. The van der Waals surface area contributed by atoms with Crippen LogP contribution >= 0.6 is 11.6 Å². The fourth-order valence-corrected chi connectivity index (χ4v) is 2.65. The van der Waals surface area contributed by atoms with Gasteiger partial charge < -0.3 is 10.5 Å². The van der Waals surface area contributed by atoms with Crippen LogP contribution in [0.3, 0.4) is 0 Å². The first-order valence-electron chi connectivity index (χ1n) is 7.07. The van der Waals surface area contributed by atoms with Crippen LogP contribution in [0.4, 0.5) is 0 Å². The van der Waals surface area contributed by atoms with E-state index < -0.39 is 0 Å².